The predicted octanol–water partition coefficient (Wildman–Crippen LogP) is 4.08. The normalized spacial score (nSPS) is 11.3. The second-order valence-corrected chi connectivity index (χ2v) is 9.11. The lowest BCUT2D eigenvalue weighted by Crippen LogP contribution is -2.14. The number of hydrogen-bond donors (Lipinski definition) is 1. The molecule has 0 saturated carbocycles. The van der Waals surface area contributed by atoms with Crippen LogP contribution in [0.15, 0.2) is 52.7 Å². The Morgan fingerprint density at radius 2 is 1.77 bits per heavy atom. The summed E-state index contributed by atoms with van der Waals surface area (Å²) < 4.78 is 23.2. The summed E-state index contributed by atoms with van der Waals surface area (Å²) in [5.74, 6) is -0.278. The Bertz CT molecular complexity index is 1070. The Kier molecular flexibility index (Phi) is 4.93. The van der Waals surface area contributed by atoms with Crippen molar-refractivity contribution in [2.45, 2.75) is 18.7 Å². The van der Waals surface area contributed by atoms with Crippen molar-refractivity contribution in [2.24, 2.45) is 0 Å². The van der Waals surface area contributed by atoms with E-state index in [1.54, 1.807) is 18.3 Å². The van der Waals surface area contributed by atoms with E-state index in [0.717, 1.165) is 22.5 Å². The summed E-state index contributed by atoms with van der Waals surface area (Å²) in [5.41, 5.74) is 3.62. The van der Waals surface area contributed by atoms with E-state index in [1.165, 1.54) is 18.2 Å². The van der Waals surface area contributed by atoms with Crippen molar-refractivity contribution in [3.8, 4) is 11.3 Å². The van der Waals surface area contributed by atoms with Crippen molar-refractivity contribution >= 4 is 32.8 Å². The molecule has 0 bridgehead atoms. The summed E-state index contributed by atoms with van der Waals surface area (Å²) in [6, 6.07) is 12.0. The molecule has 0 unspecified atom stereocenters. The number of anilines is 1. The molecule has 1 N–H and O–H groups in total. The van der Waals surface area contributed by atoms with Gasteiger partial charge in [0, 0.05) is 28.5 Å². The molecule has 3 aromatic rings. The number of carbonyl (C=O) groups is 1. The Morgan fingerprint density at radius 1 is 1.08 bits per heavy atom. The van der Waals surface area contributed by atoms with E-state index in [1.807, 2.05) is 36.6 Å². The molecule has 1 amide bonds. The summed E-state index contributed by atoms with van der Waals surface area (Å²) in [6.45, 7) is 3.68. The number of benzene rings is 2. The maximum atomic E-state index is 12.5. The van der Waals surface area contributed by atoms with Gasteiger partial charge < -0.3 is 5.32 Å². The van der Waals surface area contributed by atoms with Crippen molar-refractivity contribution in [1.82, 2.24) is 4.98 Å². The van der Waals surface area contributed by atoms with Crippen molar-refractivity contribution < 1.29 is 13.2 Å². The number of hydrogen-bond acceptors (Lipinski definition) is 5. The smallest absolute Gasteiger partial charge is 0.255 e. The molecule has 2 aromatic carbocycles. The molecule has 0 spiro atoms. The van der Waals surface area contributed by atoms with E-state index in [-0.39, 0.29) is 10.8 Å². The van der Waals surface area contributed by atoms with E-state index < -0.39 is 9.84 Å². The third-order valence-electron chi connectivity index (χ3n) is 3.93. The molecule has 1 heterocycles. The number of sulfone groups is 1. The van der Waals surface area contributed by atoms with Crippen LogP contribution in [0.1, 0.15) is 20.9 Å². The minimum atomic E-state index is -3.29. The van der Waals surface area contributed by atoms with Gasteiger partial charge in [0.1, 0.15) is 0 Å². The Balaban J connectivity index is 1.78. The molecular weight excluding hydrogens is 368 g/mol. The fourth-order valence-corrected chi connectivity index (χ4v) is 3.87. The molecule has 0 aliphatic rings. The van der Waals surface area contributed by atoms with Crippen molar-refractivity contribution in [3.63, 3.8) is 0 Å². The summed E-state index contributed by atoms with van der Waals surface area (Å²) in [7, 11) is -3.29. The predicted molar refractivity (Wildman–Crippen MR) is 105 cm³/mol. The topological polar surface area (TPSA) is 76.1 Å². The summed E-state index contributed by atoms with van der Waals surface area (Å²) in [5, 5.41) is 5.84. The molecule has 134 valence electrons. The van der Waals surface area contributed by atoms with Crippen LogP contribution >= 0.6 is 11.3 Å². The maximum Gasteiger partial charge on any atom is 0.255 e. The van der Waals surface area contributed by atoms with Crippen molar-refractivity contribution in [3.05, 3.63) is 64.0 Å². The molecule has 0 fully saturated rings. The third kappa shape index (κ3) is 4.00. The van der Waals surface area contributed by atoms with Gasteiger partial charge in [-0.3, -0.25) is 4.79 Å². The SMILES string of the molecule is Cc1nc(-c2ccc(NC(=O)c3ccc(S(C)(=O)=O)cc3C)cc2)cs1. The molecule has 0 aliphatic carbocycles. The van der Waals surface area contributed by atoms with Gasteiger partial charge in [0.15, 0.2) is 9.84 Å². The van der Waals surface area contributed by atoms with E-state index >= 15 is 0 Å². The van der Waals surface area contributed by atoms with Gasteiger partial charge in [-0.25, -0.2) is 13.4 Å². The second-order valence-electron chi connectivity index (χ2n) is 6.03. The first-order valence-corrected chi connectivity index (χ1v) is 10.7. The molecule has 0 radical (unpaired) electrons. The molecule has 0 aliphatic heterocycles. The van der Waals surface area contributed by atoms with Gasteiger partial charge in [-0.05, 0) is 49.7 Å². The van der Waals surface area contributed by atoms with Gasteiger partial charge in [-0.15, -0.1) is 11.3 Å². The van der Waals surface area contributed by atoms with Gasteiger partial charge in [-0.2, -0.15) is 0 Å². The van der Waals surface area contributed by atoms with Crippen molar-refractivity contribution in [1.29, 1.82) is 0 Å². The van der Waals surface area contributed by atoms with Crippen LogP contribution in [-0.4, -0.2) is 25.6 Å². The molecule has 5 nitrogen and oxygen atoms in total. The Hall–Kier alpha value is -2.51. The lowest BCUT2D eigenvalue weighted by atomic mass is 10.1. The summed E-state index contributed by atoms with van der Waals surface area (Å²) >= 11 is 1.59. The highest BCUT2D eigenvalue weighted by molar-refractivity contribution is 7.90. The van der Waals surface area contributed by atoms with Crippen LogP contribution in [0, 0.1) is 13.8 Å². The first-order valence-electron chi connectivity index (χ1n) is 7.88. The number of aryl methyl sites for hydroxylation is 2. The van der Waals surface area contributed by atoms with E-state index in [9.17, 15) is 13.2 Å². The minimum Gasteiger partial charge on any atom is -0.322 e. The average Bonchev–Trinajstić information content (AvgIpc) is 3.01. The monoisotopic (exact) mass is 386 g/mol. The highest BCUT2D eigenvalue weighted by atomic mass is 32.2. The summed E-state index contributed by atoms with van der Waals surface area (Å²) in [6.07, 6.45) is 1.15. The van der Waals surface area contributed by atoms with E-state index in [4.69, 9.17) is 0 Å². The largest absolute Gasteiger partial charge is 0.322 e. The first kappa shape index (κ1) is 18.3. The van der Waals surface area contributed by atoms with Gasteiger partial charge >= 0.3 is 0 Å². The highest BCUT2D eigenvalue weighted by Crippen LogP contribution is 2.23. The first-order chi connectivity index (χ1) is 12.2. The Labute approximate surface area is 156 Å². The number of thiazole rings is 1. The van der Waals surface area contributed by atoms with Crippen LogP contribution in [0.2, 0.25) is 0 Å². The zero-order valence-electron chi connectivity index (χ0n) is 14.6. The van der Waals surface area contributed by atoms with Gasteiger partial charge in [0.2, 0.25) is 0 Å². The zero-order chi connectivity index (χ0) is 18.9. The number of nitrogens with one attached hydrogen (secondary N) is 1. The molecule has 7 heteroatoms. The zero-order valence-corrected chi connectivity index (χ0v) is 16.2. The van der Waals surface area contributed by atoms with Crippen LogP contribution in [0.3, 0.4) is 0 Å². The highest BCUT2D eigenvalue weighted by Gasteiger charge is 2.14. The second kappa shape index (κ2) is 7.01. The van der Waals surface area contributed by atoms with Crippen LogP contribution in [0.25, 0.3) is 11.3 Å². The number of rotatable bonds is 4. The van der Waals surface area contributed by atoms with Crippen LogP contribution < -0.4 is 5.32 Å². The van der Waals surface area contributed by atoms with Gasteiger partial charge in [-0.1, -0.05) is 12.1 Å². The number of aromatic nitrogens is 1. The van der Waals surface area contributed by atoms with Crippen molar-refractivity contribution in [2.75, 3.05) is 11.6 Å². The quantitative estimate of drug-likeness (QED) is 0.733. The van der Waals surface area contributed by atoms with Crippen LogP contribution in [0.4, 0.5) is 5.69 Å². The lowest BCUT2D eigenvalue weighted by molar-refractivity contribution is 0.102. The number of nitrogens with zero attached hydrogens (tertiary/aromatic N) is 1. The Morgan fingerprint density at radius 3 is 2.31 bits per heavy atom. The maximum absolute atomic E-state index is 12.5. The lowest BCUT2D eigenvalue weighted by Gasteiger charge is -2.09. The average molecular weight is 386 g/mol. The third-order valence-corrected chi connectivity index (χ3v) is 5.81. The molecule has 3 rings (SSSR count). The standard InChI is InChI=1S/C19H18N2O3S2/c1-12-10-16(26(3,23)24)8-9-17(12)19(22)21-15-6-4-14(5-7-15)18-11-25-13(2)20-18/h4-11H,1-3H3,(H,21,22). The minimum absolute atomic E-state index is 0.203. The molecule has 26 heavy (non-hydrogen) atoms. The molecular formula is C19H18N2O3S2. The van der Waals surface area contributed by atoms with E-state index in [0.29, 0.717) is 16.8 Å². The molecule has 0 atom stereocenters. The van der Waals surface area contributed by atoms with E-state index in [2.05, 4.69) is 10.3 Å². The summed E-state index contributed by atoms with van der Waals surface area (Å²) in [4.78, 5) is 17.1. The number of carbonyl (C=O) groups excluding carboxylic acids is 1. The fourth-order valence-electron chi connectivity index (χ4n) is 2.54. The molecule has 0 saturated heterocycles. The van der Waals surface area contributed by atoms with Crippen LogP contribution in [0.5, 0.6) is 0 Å². The molecule has 1 aromatic heterocycles. The van der Waals surface area contributed by atoms with Gasteiger partial charge in [0.25, 0.3) is 5.91 Å². The van der Waals surface area contributed by atoms with Crippen LogP contribution in [-0.2, 0) is 9.84 Å². The van der Waals surface area contributed by atoms with Gasteiger partial charge in [0.05, 0.1) is 15.6 Å². The fraction of sp³-hybridized carbons (Fsp3) is 0.158. The number of amides is 1.